The van der Waals surface area contributed by atoms with E-state index in [1.165, 1.54) is 12.0 Å². The zero-order chi connectivity index (χ0) is 17.6. The Hall–Kier alpha value is 0.783. The van der Waals surface area contributed by atoms with Crippen molar-refractivity contribution in [2.45, 2.75) is 58.5 Å². The van der Waals surface area contributed by atoms with Crippen LogP contribution in [0.5, 0.6) is 0 Å². The van der Waals surface area contributed by atoms with Crippen LogP contribution in [0.3, 0.4) is 0 Å². The molecule has 1 atom stereocenters. The number of benzene rings is 1. The van der Waals surface area contributed by atoms with Crippen molar-refractivity contribution in [3.05, 3.63) is 61.0 Å². The molecule has 0 aliphatic heterocycles. The van der Waals surface area contributed by atoms with Crippen LogP contribution in [0.1, 0.15) is 69.6 Å². The van der Waals surface area contributed by atoms with Crippen LogP contribution in [0.25, 0.3) is 6.08 Å². The Morgan fingerprint density at radius 3 is 2.15 bits per heavy atom. The Balaban J connectivity index is 0.00000169. The summed E-state index contributed by atoms with van der Waals surface area (Å²) in [5, 5.41) is 0. The van der Waals surface area contributed by atoms with Gasteiger partial charge >= 0.3 is 160 Å². The van der Waals surface area contributed by atoms with Crippen molar-refractivity contribution in [3.8, 4) is 0 Å². The van der Waals surface area contributed by atoms with Crippen molar-refractivity contribution in [2.75, 3.05) is 0 Å². The van der Waals surface area contributed by atoms with E-state index in [0.29, 0.717) is 0 Å². The van der Waals surface area contributed by atoms with Crippen molar-refractivity contribution in [2.24, 2.45) is 11.3 Å². The first kappa shape index (κ1) is 24.8. The number of hydrogen-bond donors (Lipinski definition) is 0. The van der Waals surface area contributed by atoms with Gasteiger partial charge in [0.25, 0.3) is 0 Å². The van der Waals surface area contributed by atoms with Crippen LogP contribution >= 0.6 is 0 Å². The molecule has 0 aromatic heterocycles. The van der Waals surface area contributed by atoms with Crippen LogP contribution in [0.15, 0.2) is 49.8 Å². The Morgan fingerprint density at radius 1 is 1.00 bits per heavy atom. The average molecular weight is 652 g/mol. The van der Waals surface area contributed by atoms with Gasteiger partial charge in [-0.1, -0.05) is 0 Å². The zero-order valence-corrected chi connectivity index (χ0v) is 23.8. The number of halogens is 2. The second kappa shape index (κ2) is 9.52. The number of rotatable bonds is 4. The molecule has 0 bridgehead atoms. The van der Waals surface area contributed by atoms with Gasteiger partial charge in [-0.2, -0.15) is 0 Å². The van der Waals surface area contributed by atoms with Gasteiger partial charge in [0.1, 0.15) is 0 Å². The molecule has 0 spiro atoms. The molecule has 1 unspecified atom stereocenters. The molecule has 1 aromatic rings. The first-order chi connectivity index (χ1) is 11.2. The molecule has 0 nitrogen and oxygen atoms in total. The molecular formula is C23H30I2Zr. The van der Waals surface area contributed by atoms with Gasteiger partial charge in [-0.25, -0.2) is 0 Å². The van der Waals surface area contributed by atoms with E-state index in [4.69, 9.17) is 0 Å². The van der Waals surface area contributed by atoms with Gasteiger partial charge in [-0.05, 0) is 0 Å². The molecule has 0 N–H and O–H groups in total. The Kier molecular flexibility index (Phi) is 9.09. The molecule has 3 rings (SSSR count). The number of allylic oxidation sites excluding steroid dienone is 5. The third-order valence-corrected chi connectivity index (χ3v) is 11.6. The summed E-state index contributed by atoms with van der Waals surface area (Å²) in [5.74, 6) is 0.737. The van der Waals surface area contributed by atoms with Crippen molar-refractivity contribution in [3.63, 3.8) is 0 Å². The molecule has 26 heavy (non-hydrogen) atoms. The van der Waals surface area contributed by atoms with Crippen molar-refractivity contribution < 1.29 is 71.2 Å². The Morgan fingerprint density at radius 2 is 1.62 bits per heavy atom. The molecule has 0 fully saturated rings. The fourth-order valence-corrected chi connectivity index (χ4v) is 9.26. The summed E-state index contributed by atoms with van der Waals surface area (Å²) in [4.78, 5) is 0. The van der Waals surface area contributed by atoms with Crippen LogP contribution in [0, 0.1) is 11.3 Å². The molecule has 3 heteroatoms. The first-order valence-corrected chi connectivity index (χ1v) is 11.8. The minimum atomic E-state index is -0.728. The number of hydrogen-bond acceptors (Lipinski definition) is 0. The van der Waals surface area contributed by atoms with Gasteiger partial charge in [0.05, 0.1) is 0 Å². The zero-order valence-electron chi connectivity index (χ0n) is 17.0. The van der Waals surface area contributed by atoms with Gasteiger partial charge < -0.3 is 48.0 Å². The molecule has 0 radical (unpaired) electrons. The standard InChI is InChI=1S/C13H15.C10H15.2HI.Zr/c1-10(2)7-11-8-12-5-3-4-6-13(12)9-11;1-7-6-10(4,5)9(3)8(7)2;;;/h3-6,8-10H,7H2,1-2H3;1-5H3;2*1H;/q;;;;+2/p-2. The van der Waals surface area contributed by atoms with Gasteiger partial charge in [-0.15, -0.1) is 0 Å². The van der Waals surface area contributed by atoms with Gasteiger partial charge in [0.15, 0.2) is 0 Å². The van der Waals surface area contributed by atoms with E-state index in [2.05, 4.69) is 78.8 Å². The molecule has 2 aliphatic carbocycles. The second-order valence-corrected chi connectivity index (χ2v) is 11.8. The SMILES string of the molecule is CC1=C(C)C(C)(C)[C]([Zr+2][CH]2C(CC(C)C)=Cc3ccccc32)=C1C.[I-].[I-]. The summed E-state index contributed by atoms with van der Waals surface area (Å²) < 4.78 is 2.55. The van der Waals surface area contributed by atoms with Crippen molar-refractivity contribution in [1.29, 1.82) is 0 Å². The van der Waals surface area contributed by atoms with Crippen LogP contribution in [0.2, 0.25) is 0 Å². The van der Waals surface area contributed by atoms with Crippen LogP contribution < -0.4 is 48.0 Å². The molecule has 1 aromatic carbocycles. The van der Waals surface area contributed by atoms with Crippen molar-refractivity contribution in [1.82, 2.24) is 0 Å². The fourth-order valence-electron chi connectivity index (χ4n) is 4.23. The van der Waals surface area contributed by atoms with E-state index < -0.39 is 23.2 Å². The normalized spacial score (nSPS) is 20.5. The van der Waals surface area contributed by atoms with E-state index >= 15 is 0 Å². The molecule has 0 amide bonds. The van der Waals surface area contributed by atoms with E-state index in [1.807, 2.05) is 3.28 Å². The quantitative estimate of drug-likeness (QED) is 0.426. The minimum absolute atomic E-state index is 0. The predicted molar refractivity (Wildman–Crippen MR) is 101 cm³/mol. The van der Waals surface area contributed by atoms with Crippen molar-refractivity contribution >= 4 is 6.08 Å². The smallest absolute Gasteiger partial charge is 1.00 e. The summed E-state index contributed by atoms with van der Waals surface area (Å²) in [5.41, 5.74) is 9.83. The van der Waals surface area contributed by atoms with Gasteiger partial charge in [0, 0.05) is 0 Å². The third kappa shape index (κ3) is 4.50. The first-order valence-electron chi connectivity index (χ1n) is 9.19. The maximum absolute atomic E-state index is 2.51. The summed E-state index contributed by atoms with van der Waals surface area (Å²) in [6, 6.07) is 9.11. The molecule has 0 saturated carbocycles. The second-order valence-electron chi connectivity index (χ2n) is 8.40. The van der Waals surface area contributed by atoms with Crippen LogP contribution in [-0.4, -0.2) is 0 Å². The molecule has 2 aliphatic rings. The summed E-state index contributed by atoms with van der Waals surface area (Å²) in [6.45, 7) is 16.6. The summed E-state index contributed by atoms with van der Waals surface area (Å²) in [7, 11) is 0. The average Bonchev–Trinajstić information content (AvgIpc) is 2.92. The largest absolute Gasteiger partial charge is 1.00 e. The van der Waals surface area contributed by atoms with Gasteiger partial charge in [0.2, 0.25) is 0 Å². The Labute approximate surface area is 206 Å². The van der Waals surface area contributed by atoms with E-state index in [1.54, 1.807) is 27.9 Å². The molecular weight excluding hydrogens is 621 g/mol. The minimum Gasteiger partial charge on any atom is -1.00 e. The summed E-state index contributed by atoms with van der Waals surface area (Å²) in [6.07, 6.45) is 3.75. The monoisotopic (exact) mass is 650 g/mol. The van der Waals surface area contributed by atoms with Crippen LogP contribution in [0.4, 0.5) is 0 Å². The van der Waals surface area contributed by atoms with Crippen LogP contribution in [-0.2, 0) is 23.2 Å². The van der Waals surface area contributed by atoms with E-state index in [-0.39, 0.29) is 53.4 Å². The fraction of sp³-hybridized carbons (Fsp3) is 0.478. The molecule has 0 heterocycles. The van der Waals surface area contributed by atoms with Gasteiger partial charge in [-0.3, -0.25) is 0 Å². The molecule has 140 valence electrons. The maximum atomic E-state index is 2.51. The third-order valence-electron chi connectivity index (χ3n) is 6.01. The van der Waals surface area contributed by atoms with E-state index in [9.17, 15) is 0 Å². The number of fused-ring (bicyclic) bond motifs is 1. The summed E-state index contributed by atoms with van der Waals surface area (Å²) >= 11 is -0.728. The Bertz CT molecular complexity index is 766. The maximum Gasteiger partial charge on any atom is -1.00 e. The predicted octanol–water partition coefficient (Wildman–Crippen LogP) is 0.912. The van der Waals surface area contributed by atoms with E-state index in [0.717, 1.165) is 9.54 Å². The molecule has 0 saturated heterocycles. The topological polar surface area (TPSA) is 0 Å².